The van der Waals surface area contributed by atoms with Crippen LogP contribution in [0.1, 0.15) is 32.3 Å². The molecule has 1 fully saturated rings. The Morgan fingerprint density at radius 2 is 2.00 bits per heavy atom. The van der Waals surface area contributed by atoms with Gasteiger partial charge in [-0.2, -0.15) is 0 Å². The van der Waals surface area contributed by atoms with E-state index in [0.29, 0.717) is 12.6 Å². The fraction of sp³-hybridized carbons (Fsp3) is 0.625. The van der Waals surface area contributed by atoms with Gasteiger partial charge in [-0.3, -0.25) is 0 Å². The van der Waals surface area contributed by atoms with Crippen molar-refractivity contribution in [1.29, 1.82) is 0 Å². The molecule has 1 aromatic carbocycles. The largest absolute Gasteiger partial charge is 0.373 e. The van der Waals surface area contributed by atoms with E-state index in [1.165, 1.54) is 11.3 Å². The molecular formula is C16H26N2O. The lowest BCUT2D eigenvalue weighted by atomic mass is 10.0. The van der Waals surface area contributed by atoms with E-state index in [4.69, 9.17) is 10.5 Å². The van der Waals surface area contributed by atoms with Gasteiger partial charge in [0.25, 0.3) is 0 Å². The Balaban J connectivity index is 2.08. The van der Waals surface area contributed by atoms with Crippen LogP contribution in [-0.4, -0.2) is 31.8 Å². The van der Waals surface area contributed by atoms with Crippen molar-refractivity contribution in [3.05, 3.63) is 29.8 Å². The fourth-order valence-electron chi connectivity index (χ4n) is 2.83. The first-order valence-corrected chi connectivity index (χ1v) is 7.33. The second-order valence-electron chi connectivity index (χ2n) is 5.50. The van der Waals surface area contributed by atoms with Crippen LogP contribution in [0.4, 0.5) is 5.69 Å². The smallest absolute Gasteiger partial charge is 0.0794 e. The van der Waals surface area contributed by atoms with Crippen molar-refractivity contribution in [3.63, 3.8) is 0 Å². The first-order chi connectivity index (χ1) is 9.15. The number of aryl methyl sites for hydroxylation is 1. The summed E-state index contributed by atoms with van der Waals surface area (Å²) in [5, 5.41) is 0. The SMILES string of the molecule is CCc1ccc(N(C)C(CN)C2CCC(C)O2)cc1. The van der Waals surface area contributed by atoms with Gasteiger partial charge in [0, 0.05) is 19.3 Å². The highest BCUT2D eigenvalue weighted by atomic mass is 16.5. The molecule has 0 spiro atoms. The van der Waals surface area contributed by atoms with Crippen LogP contribution in [0, 0.1) is 0 Å². The van der Waals surface area contributed by atoms with Gasteiger partial charge in [0.15, 0.2) is 0 Å². The summed E-state index contributed by atoms with van der Waals surface area (Å²) in [6, 6.07) is 9.01. The molecule has 1 saturated heterocycles. The average molecular weight is 262 g/mol. The monoisotopic (exact) mass is 262 g/mol. The van der Waals surface area contributed by atoms with E-state index >= 15 is 0 Å². The molecule has 3 unspecified atom stereocenters. The quantitative estimate of drug-likeness (QED) is 0.886. The number of nitrogens with zero attached hydrogens (tertiary/aromatic N) is 1. The summed E-state index contributed by atoms with van der Waals surface area (Å²) < 4.78 is 5.98. The van der Waals surface area contributed by atoms with Gasteiger partial charge in [-0.25, -0.2) is 0 Å². The molecule has 0 radical (unpaired) electrons. The first-order valence-electron chi connectivity index (χ1n) is 7.33. The van der Waals surface area contributed by atoms with Crippen LogP contribution < -0.4 is 10.6 Å². The van der Waals surface area contributed by atoms with Gasteiger partial charge in [-0.1, -0.05) is 19.1 Å². The molecule has 1 aliphatic rings. The molecule has 3 heteroatoms. The third-order valence-electron chi connectivity index (χ3n) is 4.18. The maximum absolute atomic E-state index is 5.98. The lowest BCUT2D eigenvalue weighted by Crippen LogP contribution is -2.46. The number of ether oxygens (including phenoxy) is 1. The zero-order valence-electron chi connectivity index (χ0n) is 12.3. The molecule has 0 aromatic heterocycles. The normalized spacial score (nSPS) is 24.4. The number of nitrogens with two attached hydrogens (primary N) is 1. The zero-order valence-corrected chi connectivity index (χ0v) is 12.3. The maximum Gasteiger partial charge on any atom is 0.0794 e. The van der Waals surface area contributed by atoms with Gasteiger partial charge < -0.3 is 15.4 Å². The molecule has 1 aliphatic heterocycles. The van der Waals surface area contributed by atoms with Crippen molar-refractivity contribution >= 4 is 5.69 Å². The minimum Gasteiger partial charge on any atom is -0.373 e. The minimum absolute atomic E-state index is 0.260. The number of hydrogen-bond donors (Lipinski definition) is 1. The predicted molar refractivity (Wildman–Crippen MR) is 80.6 cm³/mol. The molecule has 3 atom stereocenters. The molecule has 0 amide bonds. The highest BCUT2D eigenvalue weighted by molar-refractivity contribution is 5.48. The molecule has 2 rings (SSSR count). The number of rotatable bonds is 5. The van der Waals surface area contributed by atoms with Crippen molar-refractivity contribution in [2.75, 3.05) is 18.5 Å². The molecule has 3 nitrogen and oxygen atoms in total. The predicted octanol–water partition coefficient (Wildman–Crippen LogP) is 2.58. The molecule has 1 aromatic rings. The van der Waals surface area contributed by atoms with Gasteiger partial charge >= 0.3 is 0 Å². The van der Waals surface area contributed by atoms with Crippen molar-refractivity contribution in [1.82, 2.24) is 0 Å². The van der Waals surface area contributed by atoms with Crippen LogP contribution >= 0.6 is 0 Å². The Hall–Kier alpha value is -1.06. The summed E-state index contributed by atoms with van der Waals surface area (Å²) in [5.41, 5.74) is 8.56. The second kappa shape index (κ2) is 6.40. The summed E-state index contributed by atoms with van der Waals surface area (Å²) in [6.45, 7) is 4.95. The number of anilines is 1. The highest BCUT2D eigenvalue weighted by Gasteiger charge is 2.31. The van der Waals surface area contributed by atoms with Crippen LogP contribution in [-0.2, 0) is 11.2 Å². The number of benzene rings is 1. The fourth-order valence-corrected chi connectivity index (χ4v) is 2.83. The van der Waals surface area contributed by atoms with Gasteiger partial charge in [0.1, 0.15) is 0 Å². The summed E-state index contributed by atoms with van der Waals surface area (Å²) in [7, 11) is 2.12. The van der Waals surface area contributed by atoms with E-state index in [2.05, 4.69) is 50.1 Å². The Kier molecular flexibility index (Phi) is 4.83. The van der Waals surface area contributed by atoms with E-state index in [0.717, 1.165) is 19.3 Å². The molecule has 19 heavy (non-hydrogen) atoms. The topological polar surface area (TPSA) is 38.5 Å². The van der Waals surface area contributed by atoms with Crippen LogP contribution in [0.25, 0.3) is 0 Å². The third kappa shape index (κ3) is 3.28. The lowest BCUT2D eigenvalue weighted by molar-refractivity contribution is 0.0411. The molecule has 1 heterocycles. The van der Waals surface area contributed by atoms with E-state index in [9.17, 15) is 0 Å². The Morgan fingerprint density at radius 1 is 1.32 bits per heavy atom. The average Bonchev–Trinajstić information content (AvgIpc) is 2.86. The van der Waals surface area contributed by atoms with E-state index < -0.39 is 0 Å². The maximum atomic E-state index is 5.98. The number of hydrogen-bond acceptors (Lipinski definition) is 3. The van der Waals surface area contributed by atoms with Crippen LogP contribution in [0.5, 0.6) is 0 Å². The Morgan fingerprint density at radius 3 is 2.47 bits per heavy atom. The van der Waals surface area contributed by atoms with E-state index in [-0.39, 0.29) is 12.1 Å². The van der Waals surface area contributed by atoms with Crippen molar-refractivity contribution in [3.8, 4) is 0 Å². The summed E-state index contributed by atoms with van der Waals surface area (Å²) in [4.78, 5) is 2.27. The van der Waals surface area contributed by atoms with Crippen LogP contribution in [0.3, 0.4) is 0 Å². The van der Waals surface area contributed by atoms with Gasteiger partial charge in [0.05, 0.1) is 18.2 Å². The Bertz CT molecular complexity index is 390. The lowest BCUT2D eigenvalue weighted by Gasteiger charge is -2.33. The zero-order chi connectivity index (χ0) is 13.8. The van der Waals surface area contributed by atoms with Crippen molar-refractivity contribution in [2.24, 2.45) is 5.73 Å². The molecule has 0 saturated carbocycles. The molecule has 0 aliphatic carbocycles. The highest BCUT2D eigenvalue weighted by Crippen LogP contribution is 2.26. The molecule has 0 bridgehead atoms. The first kappa shape index (κ1) is 14.4. The van der Waals surface area contributed by atoms with Gasteiger partial charge in [0.2, 0.25) is 0 Å². The van der Waals surface area contributed by atoms with E-state index in [1.54, 1.807) is 0 Å². The molecule has 106 valence electrons. The third-order valence-corrected chi connectivity index (χ3v) is 4.18. The summed E-state index contributed by atoms with van der Waals surface area (Å²) in [5.74, 6) is 0. The Labute approximate surface area is 116 Å². The van der Waals surface area contributed by atoms with Crippen LogP contribution in [0.15, 0.2) is 24.3 Å². The summed E-state index contributed by atoms with van der Waals surface area (Å²) in [6.07, 6.45) is 3.96. The standard InChI is InChI=1S/C16H26N2O/c1-4-13-6-8-14(9-7-13)18(3)15(11-17)16-10-5-12(2)19-16/h6-9,12,15-16H,4-5,10-11,17H2,1-3H3. The van der Waals surface area contributed by atoms with Crippen LogP contribution in [0.2, 0.25) is 0 Å². The molecular weight excluding hydrogens is 236 g/mol. The number of likely N-dealkylation sites (N-methyl/N-ethyl adjacent to an activating group) is 1. The van der Waals surface area contributed by atoms with Crippen molar-refractivity contribution < 1.29 is 4.74 Å². The molecule has 2 N–H and O–H groups in total. The van der Waals surface area contributed by atoms with E-state index in [1.807, 2.05) is 0 Å². The summed E-state index contributed by atoms with van der Waals surface area (Å²) >= 11 is 0. The van der Waals surface area contributed by atoms with Crippen molar-refractivity contribution in [2.45, 2.75) is 51.4 Å². The minimum atomic E-state index is 0.260. The van der Waals surface area contributed by atoms with Gasteiger partial charge in [-0.05, 0) is 43.9 Å². The van der Waals surface area contributed by atoms with Gasteiger partial charge in [-0.15, -0.1) is 0 Å². The second-order valence-corrected chi connectivity index (χ2v) is 5.50.